The van der Waals surface area contributed by atoms with Crippen LogP contribution < -0.4 is 11.2 Å². The van der Waals surface area contributed by atoms with E-state index in [-0.39, 0.29) is 18.9 Å². The van der Waals surface area contributed by atoms with Gasteiger partial charge in [-0.15, -0.1) is 10.0 Å². The van der Waals surface area contributed by atoms with Crippen molar-refractivity contribution in [1.29, 1.82) is 0 Å². The quantitative estimate of drug-likeness (QED) is 0.155. The molecule has 2 amide bonds. The predicted molar refractivity (Wildman–Crippen MR) is 138 cm³/mol. The van der Waals surface area contributed by atoms with Gasteiger partial charge < -0.3 is 16.1 Å². The van der Waals surface area contributed by atoms with Crippen molar-refractivity contribution in [3.63, 3.8) is 0 Å². The Labute approximate surface area is 208 Å². The van der Waals surface area contributed by atoms with Gasteiger partial charge in [0.05, 0.1) is 13.0 Å². The van der Waals surface area contributed by atoms with Crippen LogP contribution in [0.5, 0.6) is 0 Å². The van der Waals surface area contributed by atoms with Crippen LogP contribution in [0.3, 0.4) is 0 Å². The molecule has 1 atom stereocenters. The van der Waals surface area contributed by atoms with Gasteiger partial charge >= 0.3 is 0 Å². The van der Waals surface area contributed by atoms with Gasteiger partial charge in [-0.3, -0.25) is 9.59 Å². The van der Waals surface area contributed by atoms with Crippen LogP contribution in [0, 0.1) is 9.81 Å². The van der Waals surface area contributed by atoms with Gasteiger partial charge in [0.2, 0.25) is 5.91 Å². The number of carbonyl (C=O) groups excluding carboxylic acids is 2. The second-order valence-electron chi connectivity index (χ2n) is 8.42. The van der Waals surface area contributed by atoms with Gasteiger partial charge in [-0.05, 0) is 47.2 Å². The van der Waals surface area contributed by atoms with Crippen molar-refractivity contribution in [1.82, 2.24) is 4.90 Å². The van der Waals surface area contributed by atoms with Crippen molar-refractivity contribution < 1.29 is 9.59 Å². The van der Waals surface area contributed by atoms with Gasteiger partial charge in [-0.2, -0.15) is 4.91 Å². The second kappa shape index (κ2) is 13.0. The fourth-order valence-corrected chi connectivity index (χ4v) is 4.11. The average Bonchev–Trinajstić information content (AvgIpc) is 3.07. The van der Waals surface area contributed by atoms with Crippen LogP contribution in [0.2, 0.25) is 0 Å². The molecule has 0 aromatic heterocycles. The van der Waals surface area contributed by atoms with Crippen LogP contribution in [0.25, 0.3) is 17.2 Å². The Kier molecular flexibility index (Phi) is 9.49. The van der Waals surface area contributed by atoms with Gasteiger partial charge in [0.25, 0.3) is 5.91 Å². The molecule has 2 aromatic carbocycles. The lowest BCUT2D eigenvalue weighted by Crippen LogP contribution is -2.35. The van der Waals surface area contributed by atoms with Crippen molar-refractivity contribution in [2.75, 3.05) is 25.0 Å². The first kappa shape index (κ1) is 26.3. The van der Waals surface area contributed by atoms with Crippen molar-refractivity contribution in [2.45, 2.75) is 38.8 Å². The van der Waals surface area contributed by atoms with E-state index in [4.69, 9.17) is 5.84 Å². The normalized spacial score (nSPS) is 14.8. The lowest BCUT2D eigenvalue weighted by Gasteiger charge is -2.23. The molecular weight excluding hydrogens is 462 g/mol. The molecule has 0 saturated heterocycles. The summed E-state index contributed by atoms with van der Waals surface area (Å²) in [4.78, 5) is 47.2. The highest BCUT2D eigenvalue weighted by atomic mass is 16.3. The van der Waals surface area contributed by atoms with Gasteiger partial charge in [0, 0.05) is 35.9 Å². The summed E-state index contributed by atoms with van der Waals surface area (Å²) in [6.07, 6.45) is 2.86. The number of rotatable bonds is 11. The summed E-state index contributed by atoms with van der Waals surface area (Å²) >= 11 is 0. The fourth-order valence-electron chi connectivity index (χ4n) is 4.11. The molecule has 11 nitrogen and oxygen atoms in total. The fraction of sp³-hybridized carbons (Fsp3) is 0.360. The smallest absolute Gasteiger partial charge is 0.290 e. The number of benzene rings is 2. The van der Waals surface area contributed by atoms with E-state index in [1.165, 1.54) is 0 Å². The molecule has 11 heteroatoms. The zero-order valence-electron chi connectivity index (χ0n) is 20.1. The van der Waals surface area contributed by atoms with Crippen molar-refractivity contribution in [3.8, 4) is 11.1 Å². The third kappa shape index (κ3) is 6.87. The van der Waals surface area contributed by atoms with E-state index < -0.39 is 12.1 Å². The molecule has 1 heterocycles. The van der Waals surface area contributed by atoms with Gasteiger partial charge in [-0.25, -0.2) is 0 Å². The van der Waals surface area contributed by atoms with E-state index >= 15 is 0 Å². The highest BCUT2D eigenvalue weighted by molar-refractivity contribution is 5.99. The predicted octanol–water partition coefficient (Wildman–Crippen LogP) is 4.44. The number of anilines is 1. The molecule has 2 aromatic rings. The molecule has 0 spiro atoms. The number of nitrogens with two attached hydrogens (primary N) is 1. The van der Waals surface area contributed by atoms with Crippen molar-refractivity contribution >= 4 is 23.6 Å². The molecule has 0 aliphatic carbocycles. The van der Waals surface area contributed by atoms with E-state index in [1.54, 1.807) is 17.0 Å². The zero-order valence-corrected chi connectivity index (χ0v) is 20.1. The number of hydrogen-bond donors (Lipinski definition) is 2. The number of nitroso groups, excluding NO2 is 2. The number of hydrogen-bond acceptors (Lipinski definition) is 8. The molecule has 36 heavy (non-hydrogen) atoms. The Bertz CT molecular complexity index is 1160. The van der Waals surface area contributed by atoms with E-state index in [1.807, 2.05) is 43.3 Å². The maximum atomic E-state index is 13.4. The Morgan fingerprint density at radius 3 is 2.50 bits per heavy atom. The lowest BCUT2D eigenvalue weighted by atomic mass is 9.99. The van der Waals surface area contributed by atoms with Crippen LogP contribution in [-0.4, -0.2) is 42.5 Å². The molecule has 0 saturated carbocycles. The Hall–Kier alpha value is -4.28. The summed E-state index contributed by atoms with van der Waals surface area (Å²) in [5, 5.41) is 16.1. The lowest BCUT2D eigenvalue weighted by molar-refractivity contribution is -0.127. The Morgan fingerprint density at radius 1 is 1.08 bits per heavy atom. The van der Waals surface area contributed by atoms with Crippen LogP contribution in [0.1, 0.15) is 37.3 Å². The van der Waals surface area contributed by atoms with Crippen molar-refractivity contribution in [3.05, 3.63) is 69.0 Å². The molecule has 0 bridgehead atoms. The summed E-state index contributed by atoms with van der Waals surface area (Å²) < 4.78 is 0. The third-order valence-electron chi connectivity index (χ3n) is 5.80. The molecule has 0 radical (unpaired) electrons. The number of carbonyl (C=O) groups is 2. The van der Waals surface area contributed by atoms with E-state index in [0.717, 1.165) is 28.8 Å². The number of nitrogens with one attached hydrogen (secondary N) is 1. The zero-order chi connectivity index (χ0) is 25.9. The minimum atomic E-state index is -0.716. The Morgan fingerprint density at radius 2 is 1.83 bits per heavy atom. The van der Waals surface area contributed by atoms with Crippen LogP contribution in [-0.2, 0) is 16.0 Å². The van der Waals surface area contributed by atoms with Crippen LogP contribution in [0.4, 0.5) is 5.69 Å². The monoisotopic (exact) mass is 491 g/mol. The Balaban J connectivity index is 1.90. The molecule has 1 aliphatic heterocycles. The summed E-state index contributed by atoms with van der Waals surface area (Å²) in [6, 6.07) is 13.1. The molecule has 1 aliphatic rings. The molecule has 3 rings (SSSR count). The second-order valence-corrected chi connectivity index (χ2v) is 8.42. The van der Waals surface area contributed by atoms with Crippen LogP contribution >= 0.6 is 0 Å². The van der Waals surface area contributed by atoms with Gasteiger partial charge in [0.15, 0.2) is 0 Å². The number of amides is 2. The van der Waals surface area contributed by atoms with E-state index in [0.29, 0.717) is 37.1 Å². The summed E-state index contributed by atoms with van der Waals surface area (Å²) in [7, 11) is 0. The van der Waals surface area contributed by atoms with E-state index in [2.05, 4.69) is 26.0 Å². The average molecular weight is 492 g/mol. The highest BCUT2D eigenvalue weighted by Crippen LogP contribution is 2.32. The van der Waals surface area contributed by atoms with Gasteiger partial charge in [0.1, 0.15) is 6.17 Å². The maximum absolute atomic E-state index is 13.4. The minimum absolute atomic E-state index is 0.0381. The van der Waals surface area contributed by atoms with Crippen molar-refractivity contribution in [2.24, 2.45) is 26.5 Å². The first-order valence-corrected chi connectivity index (χ1v) is 11.7. The maximum Gasteiger partial charge on any atom is 0.290 e. The summed E-state index contributed by atoms with van der Waals surface area (Å²) in [5.74, 6) is 4.50. The largest absolute Gasteiger partial charge is 0.361 e. The topological polar surface area (TPSA) is 159 Å². The molecule has 188 valence electrons. The number of fused-ring (bicyclic) bond motifs is 1. The third-order valence-corrected chi connectivity index (χ3v) is 5.80. The minimum Gasteiger partial charge on any atom is -0.361 e. The molecule has 1 unspecified atom stereocenters. The molecule has 0 fully saturated rings. The SMILES string of the molecule is CCCN(CCCN=O)C(=O)C1=Cc2ccc(-c3ccc(CC(=O)N=O)cc3)cc2NC(N=NN)C1. The van der Waals surface area contributed by atoms with E-state index in [9.17, 15) is 19.4 Å². The molecular formula is C25H29N7O4. The first-order valence-electron chi connectivity index (χ1n) is 11.7. The summed E-state index contributed by atoms with van der Waals surface area (Å²) in [6.45, 7) is 3.17. The molecule has 3 N–H and O–H groups in total. The standard InChI is InChI=1S/C25H29N7O4/c1-2-11-32(12-3-10-27-35)25(34)21-14-20-9-8-19(15-22(20)28-23(16-21)29-31-26)18-6-4-17(5-7-18)13-24(33)30-36/h4-9,14-15,23,28H,2-3,10-13,16H2,1H3,(H2,26,29). The van der Waals surface area contributed by atoms with Crippen LogP contribution in [0.15, 0.2) is 68.7 Å². The van der Waals surface area contributed by atoms with Gasteiger partial charge in [-0.1, -0.05) is 53.7 Å². The highest BCUT2D eigenvalue weighted by Gasteiger charge is 2.25. The number of nitrogens with zero attached hydrogens (tertiary/aromatic N) is 5. The first-order chi connectivity index (χ1) is 17.5. The summed E-state index contributed by atoms with van der Waals surface area (Å²) in [5.41, 5.74) is 4.68.